The highest BCUT2D eigenvalue weighted by atomic mass is 79.9. The second-order valence-corrected chi connectivity index (χ2v) is 13.3. The number of rotatable bonds is 14. The fraction of sp³-hybridized carbons (Fsp3) is 0.606. The van der Waals surface area contributed by atoms with Crippen LogP contribution < -0.4 is 0 Å². The molecule has 1 saturated heterocycles. The minimum atomic E-state index is -1.26. The molecule has 0 amide bonds. The van der Waals surface area contributed by atoms with Crippen molar-refractivity contribution in [3.8, 4) is 0 Å². The zero-order valence-electron chi connectivity index (χ0n) is 24.8. The van der Waals surface area contributed by atoms with Gasteiger partial charge in [-0.05, 0) is 36.8 Å². The Kier molecular flexibility index (Phi) is 12.7. The van der Waals surface area contributed by atoms with Crippen molar-refractivity contribution in [2.24, 2.45) is 23.7 Å². The fourth-order valence-electron chi connectivity index (χ4n) is 5.83. The lowest BCUT2D eigenvalue weighted by Crippen LogP contribution is -2.53. The highest BCUT2D eigenvalue weighted by molar-refractivity contribution is 9.10. The molecule has 2 aromatic carbocycles. The lowest BCUT2D eigenvalue weighted by Gasteiger charge is -2.45. The molecular weight excluding hydrogens is 572 g/mol. The maximum absolute atomic E-state index is 12.5. The first kappa shape index (κ1) is 32.7. The van der Waals surface area contributed by atoms with E-state index >= 15 is 0 Å². The Hall–Kier alpha value is -1.77. The quantitative estimate of drug-likeness (QED) is 0.191. The first-order valence-electron chi connectivity index (χ1n) is 14.4. The summed E-state index contributed by atoms with van der Waals surface area (Å²) in [5.74, 6) is -0.378. The van der Waals surface area contributed by atoms with Crippen LogP contribution in [-0.2, 0) is 37.0 Å². The van der Waals surface area contributed by atoms with Crippen LogP contribution in [0.25, 0.3) is 0 Å². The Labute approximate surface area is 248 Å². The van der Waals surface area contributed by atoms with Gasteiger partial charge in [0.1, 0.15) is 4.32 Å². The summed E-state index contributed by atoms with van der Waals surface area (Å²) in [5, 5.41) is 11.4. The molecule has 1 fully saturated rings. The molecule has 222 valence electrons. The predicted molar refractivity (Wildman–Crippen MR) is 161 cm³/mol. The molecule has 7 heteroatoms. The minimum absolute atomic E-state index is 0.0375. The van der Waals surface area contributed by atoms with Crippen LogP contribution in [0.15, 0.2) is 60.7 Å². The van der Waals surface area contributed by atoms with E-state index in [1.165, 1.54) is 7.11 Å². The first-order chi connectivity index (χ1) is 19.1. The average molecular weight is 620 g/mol. The number of carbonyl (C=O) groups is 1. The SMILES string of the molecule is COC(=O)C(C)(Br)[C@H](O)[C@H](C)[C@H](OCc1ccccc1)[C@H](C)[C@H]1O[C@H]([C@H](C)COCc2ccccc2)CC[C@@H]1C. The Morgan fingerprint density at radius 1 is 1.02 bits per heavy atom. The van der Waals surface area contributed by atoms with Crippen LogP contribution in [-0.4, -0.2) is 53.5 Å². The molecule has 0 spiro atoms. The molecule has 0 saturated carbocycles. The summed E-state index contributed by atoms with van der Waals surface area (Å²) in [5.41, 5.74) is 2.21. The summed E-state index contributed by atoms with van der Waals surface area (Å²) in [6, 6.07) is 20.2. The van der Waals surface area contributed by atoms with E-state index in [0.717, 1.165) is 24.0 Å². The van der Waals surface area contributed by atoms with E-state index in [1.54, 1.807) is 6.92 Å². The molecule has 1 unspecified atom stereocenters. The Morgan fingerprint density at radius 3 is 2.17 bits per heavy atom. The van der Waals surface area contributed by atoms with Gasteiger partial charge in [0.15, 0.2) is 0 Å². The van der Waals surface area contributed by atoms with E-state index in [0.29, 0.717) is 25.7 Å². The normalized spacial score (nSPS) is 24.8. The number of hydrogen-bond donors (Lipinski definition) is 1. The summed E-state index contributed by atoms with van der Waals surface area (Å²) < 4.78 is 23.1. The van der Waals surface area contributed by atoms with Gasteiger partial charge in [-0.25, -0.2) is 0 Å². The number of carbonyl (C=O) groups excluding carboxylic acids is 1. The number of alkyl halides is 1. The van der Waals surface area contributed by atoms with Gasteiger partial charge < -0.3 is 24.1 Å². The van der Waals surface area contributed by atoms with E-state index in [2.05, 4.69) is 48.8 Å². The van der Waals surface area contributed by atoms with Crippen LogP contribution in [0.5, 0.6) is 0 Å². The molecule has 6 nitrogen and oxygen atoms in total. The number of aliphatic hydroxyl groups excluding tert-OH is 1. The second-order valence-electron chi connectivity index (χ2n) is 11.7. The molecule has 0 bridgehead atoms. The lowest BCUT2D eigenvalue weighted by molar-refractivity contribution is -0.171. The second kappa shape index (κ2) is 15.5. The van der Waals surface area contributed by atoms with Gasteiger partial charge in [-0.15, -0.1) is 0 Å². The van der Waals surface area contributed by atoms with Crippen LogP contribution in [0.3, 0.4) is 0 Å². The van der Waals surface area contributed by atoms with Gasteiger partial charge in [-0.1, -0.05) is 104 Å². The van der Waals surface area contributed by atoms with Crippen molar-refractivity contribution in [3.63, 3.8) is 0 Å². The number of halogens is 1. The molecule has 0 aromatic heterocycles. The van der Waals surface area contributed by atoms with Gasteiger partial charge in [0.05, 0.1) is 51.3 Å². The molecule has 0 aliphatic carbocycles. The van der Waals surface area contributed by atoms with Crippen molar-refractivity contribution in [1.29, 1.82) is 0 Å². The number of aliphatic hydroxyl groups is 1. The van der Waals surface area contributed by atoms with Crippen molar-refractivity contribution in [2.75, 3.05) is 13.7 Å². The largest absolute Gasteiger partial charge is 0.468 e. The summed E-state index contributed by atoms with van der Waals surface area (Å²) in [4.78, 5) is 12.5. The highest BCUT2D eigenvalue weighted by Crippen LogP contribution is 2.39. The van der Waals surface area contributed by atoms with Gasteiger partial charge in [0.25, 0.3) is 0 Å². The van der Waals surface area contributed by atoms with Crippen LogP contribution in [0.1, 0.15) is 58.6 Å². The van der Waals surface area contributed by atoms with Crippen LogP contribution >= 0.6 is 15.9 Å². The van der Waals surface area contributed by atoms with Crippen molar-refractivity contribution >= 4 is 21.9 Å². The van der Waals surface area contributed by atoms with Crippen LogP contribution in [0.2, 0.25) is 0 Å². The molecule has 9 atom stereocenters. The maximum Gasteiger partial charge on any atom is 0.325 e. The molecule has 1 N–H and O–H groups in total. The van der Waals surface area contributed by atoms with Crippen LogP contribution in [0, 0.1) is 23.7 Å². The monoisotopic (exact) mass is 618 g/mol. The molecule has 3 rings (SSSR count). The van der Waals surface area contributed by atoms with Crippen molar-refractivity contribution < 1.29 is 28.8 Å². The zero-order chi connectivity index (χ0) is 29.3. The third-order valence-corrected chi connectivity index (χ3v) is 9.20. The Morgan fingerprint density at radius 2 is 1.60 bits per heavy atom. The number of methoxy groups -OCH3 is 1. The third kappa shape index (κ3) is 8.62. The number of hydrogen-bond acceptors (Lipinski definition) is 6. The van der Waals surface area contributed by atoms with E-state index in [9.17, 15) is 9.90 Å². The third-order valence-electron chi connectivity index (χ3n) is 8.40. The van der Waals surface area contributed by atoms with Gasteiger partial charge in [0, 0.05) is 17.8 Å². The Bertz CT molecular complexity index is 1020. The minimum Gasteiger partial charge on any atom is -0.468 e. The topological polar surface area (TPSA) is 74.2 Å². The Balaban J connectivity index is 1.73. The molecular formula is C33H47BrO6. The highest BCUT2D eigenvalue weighted by Gasteiger charge is 2.47. The molecule has 1 heterocycles. The van der Waals surface area contributed by atoms with Gasteiger partial charge in [-0.2, -0.15) is 0 Å². The fourth-order valence-corrected chi connectivity index (χ4v) is 6.41. The van der Waals surface area contributed by atoms with Crippen molar-refractivity contribution in [2.45, 2.75) is 89.4 Å². The van der Waals surface area contributed by atoms with Crippen LogP contribution in [0.4, 0.5) is 0 Å². The van der Waals surface area contributed by atoms with Crippen molar-refractivity contribution in [3.05, 3.63) is 71.8 Å². The number of esters is 1. The first-order valence-corrected chi connectivity index (χ1v) is 15.2. The van der Waals surface area contributed by atoms with E-state index in [1.807, 2.05) is 55.5 Å². The predicted octanol–water partition coefficient (Wildman–Crippen LogP) is 6.57. The smallest absolute Gasteiger partial charge is 0.325 e. The molecule has 1 aliphatic heterocycles. The molecule has 2 aromatic rings. The van der Waals surface area contributed by atoms with Gasteiger partial charge >= 0.3 is 5.97 Å². The summed E-state index contributed by atoms with van der Waals surface area (Å²) in [7, 11) is 1.33. The van der Waals surface area contributed by atoms with Crippen molar-refractivity contribution in [1.82, 2.24) is 0 Å². The molecule has 0 radical (unpaired) electrons. The summed E-state index contributed by atoms with van der Waals surface area (Å²) in [6.45, 7) is 11.8. The van der Waals surface area contributed by atoms with E-state index < -0.39 is 16.4 Å². The average Bonchev–Trinajstić information content (AvgIpc) is 2.97. The molecule has 40 heavy (non-hydrogen) atoms. The summed E-state index contributed by atoms with van der Waals surface area (Å²) in [6.07, 6.45) is 0.631. The van der Waals surface area contributed by atoms with Gasteiger partial charge in [-0.3, -0.25) is 4.79 Å². The summed E-state index contributed by atoms with van der Waals surface area (Å²) >= 11 is 3.44. The number of benzene rings is 2. The zero-order valence-corrected chi connectivity index (χ0v) is 26.4. The standard InChI is InChI=1S/C33H47BrO6/c1-22-17-18-28(23(2)19-38-20-26-13-9-7-10-14-26)40-29(22)24(3)30(39-21-27-15-11-8-12-16-27)25(4)31(35)33(5,34)32(36)37-6/h7-16,22-25,28-31,35H,17-21H2,1-6H3/t22-,23+,24+,25+,28-,29-,30+,31+,33?/m0/s1. The van der Waals surface area contributed by atoms with E-state index in [-0.39, 0.29) is 36.1 Å². The van der Waals surface area contributed by atoms with Gasteiger partial charge in [0.2, 0.25) is 0 Å². The molecule has 1 aliphatic rings. The lowest BCUT2D eigenvalue weighted by atomic mass is 9.76. The maximum atomic E-state index is 12.5. The van der Waals surface area contributed by atoms with E-state index in [4.69, 9.17) is 18.9 Å². The number of ether oxygens (including phenoxy) is 4.